The van der Waals surface area contributed by atoms with Crippen molar-refractivity contribution in [1.82, 2.24) is 9.97 Å². The summed E-state index contributed by atoms with van der Waals surface area (Å²) in [6.07, 6.45) is 5.73. The lowest BCUT2D eigenvalue weighted by Crippen LogP contribution is -2.21. The molecular formula is C14H16BrN3. The number of hydrogen-bond acceptors (Lipinski definition) is 3. The molecule has 4 heteroatoms. The average Bonchev–Trinajstić information content (AvgIpc) is 2.40. The molecule has 0 unspecified atom stereocenters. The standard InChI is InChI=1S/C14H16BrN3/c1-18(14-16-10-13(15)11-17-14)9-5-8-12-6-3-2-4-7-12/h2-4,6-7,10-11H,5,8-9H2,1H3. The fraction of sp³-hybridized carbons (Fsp3) is 0.286. The number of halogens is 1. The van der Waals surface area contributed by atoms with Crippen molar-refractivity contribution in [2.45, 2.75) is 12.8 Å². The van der Waals surface area contributed by atoms with Gasteiger partial charge >= 0.3 is 0 Å². The first-order valence-electron chi connectivity index (χ1n) is 5.98. The summed E-state index contributed by atoms with van der Waals surface area (Å²) in [6.45, 7) is 0.955. The van der Waals surface area contributed by atoms with E-state index in [0.717, 1.165) is 29.8 Å². The third-order valence-electron chi connectivity index (χ3n) is 2.75. The Morgan fingerprint density at radius 2 is 1.78 bits per heavy atom. The zero-order valence-electron chi connectivity index (χ0n) is 10.4. The van der Waals surface area contributed by atoms with E-state index in [1.54, 1.807) is 12.4 Å². The van der Waals surface area contributed by atoms with Gasteiger partial charge in [0.1, 0.15) is 0 Å². The fourth-order valence-corrected chi connectivity index (χ4v) is 1.97. The van der Waals surface area contributed by atoms with Gasteiger partial charge in [-0.25, -0.2) is 9.97 Å². The smallest absolute Gasteiger partial charge is 0.225 e. The summed E-state index contributed by atoms with van der Waals surface area (Å²) in [4.78, 5) is 10.6. The van der Waals surface area contributed by atoms with Crippen molar-refractivity contribution in [3.8, 4) is 0 Å². The predicted octanol–water partition coefficient (Wildman–Crippen LogP) is 3.31. The normalized spacial score (nSPS) is 10.3. The van der Waals surface area contributed by atoms with Gasteiger partial charge in [-0.1, -0.05) is 30.3 Å². The molecule has 3 nitrogen and oxygen atoms in total. The van der Waals surface area contributed by atoms with Gasteiger partial charge in [-0.2, -0.15) is 0 Å². The second-order valence-electron chi connectivity index (χ2n) is 4.21. The number of nitrogens with zero attached hydrogens (tertiary/aromatic N) is 3. The van der Waals surface area contributed by atoms with Crippen molar-refractivity contribution in [3.05, 3.63) is 52.8 Å². The van der Waals surface area contributed by atoms with E-state index in [0.29, 0.717) is 0 Å². The molecule has 0 aliphatic rings. The van der Waals surface area contributed by atoms with Crippen LogP contribution in [0.2, 0.25) is 0 Å². The zero-order valence-corrected chi connectivity index (χ0v) is 12.0. The van der Waals surface area contributed by atoms with Gasteiger partial charge in [0, 0.05) is 26.0 Å². The van der Waals surface area contributed by atoms with E-state index in [1.807, 2.05) is 13.1 Å². The van der Waals surface area contributed by atoms with Crippen LogP contribution in [-0.4, -0.2) is 23.6 Å². The van der Waals surface area contributed by atoms with E-state index in [2.05, 4.69) is 55.1 Å². The quantitative estimate of drug-likeness (QED) is 0.848. The highest BCUT2D eigenvalue weighted by molar-refractivity contribution is 9.10. The summed E-state index contributed by atoms with van der Waals surface area (Å²) in [5.74, 6) is 0.770. The van der Waals surface area contributed by atoms with Gasteiger partial charge in [0.15, 0.2) is 0 Å². The largest absolute Gasteiger partial charge is 0.344 e. The molecule has 0 aliphatic heterocycles. The lowest BCUT2D eigenvalue weighted by molar-refractivity contribution is 0.765. The van der Waals surface area contributed by atoms with Crippen LogP contribution in [0.3, 0.4) is 0 Å². The van der Waals surface area contributed by atoms with Crippen LogP contribution in [0, 0.1) is 0 Å². The van der Waals surface area contributed by atoms with Gasteiger partial charge in [0.05, 0.1) is 4.47 Å². The molecule has 0 aliphatic carbocycles. The van der Waals surface area contributed by atoms with Crippen molar-refractivity contribution < 1.29 is 0 Å². The fourth-order valence-electron chi connectivity index (χ4n) is 1.77. The first-order valence-corrected chi connectivity index (χ1v) is 6.77. The maximum atomic E-state index is 4.27. The molecule has 1 aromatic carbocycles. The van der Waals surface area contributed by atoms with E-state index in [4.69, 9.17) is 0 Å². The Hall–Kier alpha value is -1.42. The zero-order chi connectivity index (χ0) is 12.8. The second kappa shape index (κ2) is 6.50. The molecule has 0 N–H and O–H groups in total. The molecule has 0 spiro atoms. The van der Waals surface area contributed by atoms with Crippen LogP contribution in [0.25, 0.3) is 0 Å². The number of anilines is 1. The van der Waals surface area contributed by atoms with Gasteiger partial charge in [-0.05, 0) is 34.3 Å². The Bertz CT molecular complexity index is 470. The molecule has 0 amide bonds. The molecule has 2 aromatic rings. The van der Waals surface area contributed by atoms with E-state index in [9.17, 15) is 0 Å². The molecule has 94 valence electrons. The molecule has 0 saturated carbocycles. The number of rotatable bonds is 5. The van der Waals surface area contributed by atoms with E-state index in [-0.39, 0.29) is 0 Å². The molecule has 0 fully saturated rings. The Morgan fingerprint density at radius 3 is 2.44 bits per heavy atom. The van der Waals surface area contributed by atoms with Crippen molar-refractivity contribution in [1.29, 1.82) is 0 Å². The highest BCUT2D eigenvalue weighted by Gasteiger charge is 2.03. The van der Waals surface area contributed by atoms with Crippen molar-refractivity contribution >= 4 is 21.9 Å². The molecule has 2 rings (SSSR count). The van der Waals surface area contributed by atoms with Gasteiger partial charge in [-0.15, -0.1) is 0 Å². The van der Waals surface area contributed by atoms with Crippen LogP contribution in [0.15, 0.2) is 47.2 Å². The summed E-state index contributed by atoms with van der Waals surface area (Å²) in [5.41, 5.74) is 1.38. The van der Waals surface area contributed by atoms with Crippen LogP contribution in [0.5, 0.6) is 0 Å². The number of aromatic nitrogens is 2. The Kier molecular flexibility index (Phi) is 4.70. The molecule has 1 aromatic heterocycles. The topological polar surface area (TPSA) is 29.0 Å². The predicted molar refractivity (Wildman–Crippen MR) is 77.8 cm³/mol. The first-order chi connectivity index (χ1) is 8.75. The molecular weight excluding hydrogens is 290 g/mol. The Morgan fingerprint density at radius 1 is 1.11 bits per heavy atom. The lowest BCUT2D eigenvalue weighted by Gasteiger charge is -2.16. The van der Waals surface area contributed by atoms with Crippen LogP contribution in [0.1, 0.15) is 12.0 Å². The minimum atomic E-state index is 0.770. The maximum Gasteiger partial charge on any atom is 0.225 e. The number of hydrogen-bond donors (Lipinski definition) is 0. The first kappa shape index (κ1) is 13.0. The van der Waals surface area contributed by atoms with Gasteiger partial charge in [-0.3, -0.25) is 0 Å². The van der Waals surface area contributed by atoms with Gasteiger partial charge in [0.25, 0.3) is 0 Å². The monoisotopic (exact) mass is 305 g/mol. The molecule has 18 heavy (non-hydrogen) atoms. The van der Waals surface area contributed by atoms with Crippen molar-refractivity contribution in [2.24, 2.45) is 0 Å². The summed E-state index contributed by atoms with van der Waals surface area (Å²) in [7, 11) is 2.02. The molecule has 0 saturated heterocycles. The second-order valence-corrected chi connectivity index (χ2v) is 5.13. The van der Waals surface area contributed by atoms with E-state index < -0.39 is 0 Å². The van der Waals surface area contributed by atoms with Crippen LogP contribution >= 0.6 is 15.9 Å². The average molecular weight is 306 g/mol. The van der Waals surface area contributed by atoms with Crippen LogP contribution in [-0.2, 0) is 6.42 Å². The highest BCUT2D eigenvalue weighted by atomic mass is 79.9. The summed E-state index contributed by atoms with van der Waals surface area (Å²) < 4.78 is 0.906. The van der Waals surface area contributed by atoms with Gasteiger partial charge in [0.2, 0.25) is 5.95 Å². The summed E-state index contributed by atoms with van der Waals surface area (Å²) >= 11 is 3.33. The van der Waals surface area contributed by atoms with E-state index in [1.165, 1.54) is 5.56 Å². The van der Waals surface area contributed by atoms with Crippen LogP contribution < -0.4 is 4.90 Å². The van der Waals surface area contributed by atoms with Crippen LogP contribution in [0.4, 0.5) is 5.95 Å². The maximum absolute atomic E-state index is 4.27. The molecule has 0 atom stereocenters. The van der Waals surface area contributed by atoms with Crippen molar-refractivity contribution in [2.75, 3.05) is 18.5 Å². The van der Waals surface area contributed by atoms with Gasteiger partial charge < -0.3 is 4.90 Å². The molecule has 0 bridgehead atoms. The molecule has 1 heterocycles. The third-order valence-corrected chi connectivity index (χ3v) is 3.16. The minimum absolute atomic E-state index is 0.770. The lowest BCUT2D eigenvalue weighted by atomic mass is 10.1. The minimum Gasteiger partial charge on any atom is -0.344 e. The highest BCUT2D eigenvalue weighted by Crippen LogP contribution is 2.10. The number of aryl methyl sites for hydroxylation is 1. The molecule has 0 radical (unpaired) electrons. The Balaban J connectivity index is 1.81. The van der Waals surface area contributed by atoms with E-state index >= 15 is 0 Å². The summed E-state index contributed by atoms with van der Waals surface area (Å²) in [5, 5.41) is 0. The summed E-state index contributed by atoms with van der Waals surface area (Å²) in [6, 6.07) is 10.5. The number of benzene rings is 1. The Labute approximate surface area is 116 Å². The van der Waals surface area contributed by atoms with Crippen molar-refractivity contribution in [3.63, 3.8) is 0 Å². The SMILES string of the molecule is CN(CCCc1ccccc1)c1ncc(Br)cn1. The third kappa shape index (κ3) is 3.81.